The minimum absolute atomic E-state index is 0.177. The molecular weight excluding hydrogens is 208 g/mol. The van der Waals surface area contributed by atoms with Gasteiger partial charge in [0, 0.05) is 19.1 Å². The Balaban J connectivity index is 2.14. The average Bonchev–Trinajstić information content (AvgIpc) is 3.00. The van der Waals surface area contributed by atoms with Crippen LogP contribution in [0.3, 0.4) is 0 Å². The molecule has 0 bridgehead atoms. The number of nitrogens with zero attached hydrogens (tertiary/aromatic N) is 3. The second kappa shape index (κ2) is 4.61. The lowest BCUT2D eigenvalue weighted by atomic mass is 10.2. The summed E-state index contributed by atoms with van der Waals surface area (Å²) in [5, 5.41) is 16.5. The zero-order valence-corrected chi connectivity index (χ0v) is 9.09. The molecule has 6 heteroatoms. The Morgan fingerprint density at radius 1 is 1.50 bits per heavy atom. The number of aliphatic hydroxyl groups is 1. The van der Waals surface area contributed by atoms with E-state index < -0.39 is 5.91 Å². The molecular formula is C10H16N4O2. The maximum Gasteiger partial charge on any atom is 0.271 e. The zero-order valence-electron chi connectivity index (χ0n) is 9.09. The summed E-state index contributed by atoms with van der Waals surface area (Å²) in [6.07, 6.45) is 3.72. The molecule has 3 N–H and O–H groups in total. The molecule has 0 spiro atoms. The quantitative estimate of drug-likeness (QED) is 0.666. The Morgan fingerprint density at radius 2 is 2.25 bits per heavy atom. The smallest absolute Gasteiger partial charge is 0.271 e. The minimum Gasteiger partial charge on any atom is -0.396 e. The maximum atomic E-state index is 11.2. The van der Waals surface area contributed by atoms with Crippen LogP contribution in [0.4, 0.5) is 0 Å². The van der Waals surface area contributed by atoms with Crippen molar-refractivity contribution in [2.45, 2.75) is 38.1 Å². The van der Waals surface area contributed by atoms with E-state index in [1.54, 1.807) is 4.68 Å². The first-order chi connectivity index (χ1) is 7.74. The van der Waals surface area contributed by atoms with Crippen LogP contribution in [0.5, 0.6) is 0 Å². The summed E-state index contributed by atoms with van der Waals surface area (Å²) in [5.41, 5.74) is 6.45. The Bertz CT molecular complexity index is 384. The van der Waals surface area contributed by atoms with Crippen LogP contribution in [-0.2, 0) is 6.54 Å². The highest BCUT2D eigenvalue weighted by atomic mass is 16.2. The van der Waals surface area contributed by atoms with Gasteiger partial charge in [-0.25, -0.2) is 4.68 Å². The predicted octanol–water partition coefficient (Wildman–Crippen LogP) is 0.0269. The number of aryl methyl sites for hydroxylation is 1. The Morgan fingerprint density at radius 3 is 2.81 bits per heavy atom. The number of aromatic nitrogens is 3. The van der Waals surface area contributed by atoms with Gasteiger partial charge >= 0.3 is 0 Å². The van der Waals surface area contributed by atoms with Gasteiger partial charge in [0.05, 0.1) is 5.69 Å². The zero-order chi connectivity index (χ0) is 11.5. The van der Waals surface area contributed by atoms with E-state index in [1.165, 1.54) is 0 Å². The van der Waals surface area contributed by atoms with Crippen molar-refractivity contribution in [3.63, 3.8) is 0 Å². The fraction of sp³-hybridized carbons (Fsp3) is 0.700. The van der Waals surface area contributed by atoms with E-state index in [1.807, 2.05) is 0 Å². The lowest BCUT2D eigenvalue weighted by Crippen LogP contribution is -2.15. The third kappa shape index (κ3) is 2.21. The number of unbranched alkanes of at least 4 members (excludes halogenated alkanes) is 1. The third-order valence-electron chi connectivity index (χ3n) is 2.75. The molecule has 0 atom stereocenters. The first-order valence-electron chi connectivity index (χ1n) is 5.58. The summed E-state index contributed by atoms with van der Waals surface area (Å²) in [5.74, 6) is -0.109. The summed E-state index contributed by atoms with van der Waals surface area (Å²) < 4.78 is 1.76. The van der Waals surface area contributed by atoms with Crippen molar-refractivity contribution in [3.8, 4) is 0 Å². The number of primary amides is 1. The first-order valence-corrected chi connectivity index (χ1v) is 5.58. The molecule has 1 amide bonds. The summed E-state index contributed by atoms with van der Waals surface area (Å²) in [4.78, 5) is 11.2. The van der Waals surface area contributed by atoms with Crippen molar-refractivity contribution in [2.75, 3.05) is 6.61 Å². The number of amides is 1. The van der Waals surface area contributed by atoms with E-state index in [4.69, 9.17) is 10.8 Å². The van der Waals surface area contributed by atoms with Crippen LogP contribution in [0.2, 0.25) is 0 Å². The number of rotatable bonds is 6. The Kier molecular flexibility index (Phi) is 3.19. The van der Waals surface area contributed by atoms with Crippen LogP contribution >= 0.6 is 0 Å². The molecule has 1 aromatic rings. The summed E-state index contributed by atoms with van der Waals surface area (Å²) >= 11 is 0. The lowest BCUT2D eigenvalue weighted by molar-refractivity contribution is 0.0994. The Labute approximate surface area is 93.4 Å². The van der Waals surface area contributed by atoms with Crippen LogP contribution in [0.25, 0.3) is 0 Å². The standard InChI is InChI=1S/C10H16N4O2/c11-10(16)8-9(7-3-4-7)14(13-12-8)5-1-2-6-15/h7,15H,1-6H2,(H2,11,16). The van der Waals surface area contributed by atoms with Crippen LogP contribution in [-0.4, -0.2) is 32.6 Å². The van der Waals surface area contributed by atoms with E-state index in [-0.39, 0.29) is 6.61 Å². The minimum atomic E-state index is -0.504. The van der Waals surface area contributed by atoms with Crippen LogP contribution < -0.4 is 5.73 Å². The van der Waals surface area contributed by atoms with Gasteiger partial charge in [0.15, 0.2) is 5.69 Å². The van der Waals surface area contributed by atoms with Crippen molar-refractivity contribution < 1.29 is 9.90 Å². The number of nitrogens with two attached hydrogens (primary N) is 1. The SMILES string of the molecule is NC(=O)c1nnn(CCCCO)c1C1CC1. The van der Waals surface area contributed by atoms with Crippen molar-refractivity contribution in [2.24, 2.45) is 5.73 Å². The van der Waals surface area contributed by atoms with Crippen LogP contribution in [0.1, 0.15) is 47.8 Å². The normalized spacial score (nSPS) is 15.3. The summed E-state index contributed by atoms with van der Waals surface area (Å²) in [6, 6.07) is 0. The Hall–Kier alpha value is -1.43. The molecule has 0 saturated heterocycles. The molecule has 2 rings (SSSR count). The van der Waals surface area contributed by atoms with E-state index in [0.717, 1.165) is 31.4 Å². The monoisotopic (exact) mass is 224 g/mol. The van der Waals surface area contributed by atoms with Crippen molar-refractivity contribution >= 4 is 5.91 Å². The number of carbonyl (C=O) groups is 1. The predicted molar refractivity (Wildman–Crippen MR) is 56.8 cm³/mol. The maximum absolute atomic E-state index is 11.2. The van der Waals surface area contributed by atoms with Crippen LogP contribution in [0.15, 0.2) is 0 Å². The molecule has 1 heterocycles. The number of carbonyl (C=O) groups excluding carboxylic acids is 1. The van der Waals surface area contributed by atoms with Gasteiger partial charge in [0.2, 0.25) is 0 Å². The highest BCUT2D eigenvalue weighted by Gasteiger charge is 2.32. The van der Waals surface area contributed by atoms with E-state index >= 15 is 0 Å². The molecule has 1 fully saturated rings. The number of aliphatic hydroxyl groups excluding tert-OH is 1. The van der Waals surface area contributed by atoms with Gasteiger partial charge in [-0.1, -0.05) is 5.21 Å². The molecule has 1 aliphatic carbocycles. The number of hydrogen-bond acceptors (Lipinski definition) is 4. The van der Waals surface area contributed by atoms with Crippen molar-refractivity contribution in [1.82, 2.24) is 15.0 Å². The van der Waals surface area contributed by atoms with Crippen molar-refractivity contribution in [1.29, 1.82) is 0 Å². The molecule has 16 heavy (non-hydrogen) atoms. The third-order valence-corrected chi connectivity index (χ3v) is 2.75. The van der Waals surface area contributed by atoms with Gasteiger partial charge in [-0.2, -0.15) is 0 Å². The van der Waals surface area contributed by atoms with Gasteiger partial charge in [-0.3, -0.25) is 4.79 Å². The van der Waals surface area contributed by atoms with Gasteiger partial charge < -0.3 is 10.8 Å². The van der Waals surface area contributed by atoms with Crippen LogP contribution in [0, 0.1) is 0 Å². The molecule has 0 aromatic carbocycles. The molecule has 1 saturated carbocycles. The summed E-state index contributed by atoms with van der Waals surface area (Å²) in [6.45, 7) is 0.864. The fourth-order valence-electron chi connectivity index (χ4n) is 1.80. The molecule has 6 nitrogen and oxygen atoms in total. The largest absolute Gasteiger partial charge is 0.396 e. The molecule has 1 aromatic heterocycles. The summed E-state index contributed by atoms with van der Waals surface area (Å²) in [7, 11) is 0. The van der Waals surface area contributed by atoms with Gasteiger partial charge in [-0.05, 0) is 25.7 Å². The molecule has 0 radical (unpaired) electrons. The molecule has 88 valence electrons. The number of hydrogen-bond donors (Lipinski definition) is 2. The van der Waals surface area contributed by atoms with Crippen molar-refractivity contribution in [3.05, 3.63) is 11.4 Å². The second-order valence-electron chi connectivity index (χ2n) is 4.12. The molecule has 1 aliphatic rings. The van der Waals surface area contributed by atoms with E-state index in [0.29, 0.717) is 18.2 Å². The van der Waals surface area contributed by atoms with E-state index in [2.05, 4.69) is 10.3 Å². The highest BCUT2D eigenvalue weighted by molar-refractivity contribution is 5.92. The average molecular weight is 224 g/mol. The van der Waals surface area contributed by atoms with E-state index in [9.17, 15) is 4.79 Å². The molecule has 0 unspecified atom stereocenters. The van der Waals surface area contributed by atoms with Gasteiger partial charge in [0.25, 0.3) is 5.91 Å². The van der Waals surface area contributed by atoms with Gasteiger partial charge in [0.1, 0.15) is 0 Å². The highest BCUT2D eigenvalue weighted by Crippen LogP contribution is 2.41. The topological polar surface area (TPSA) is 94.0 Å². The molecule has 0 aliphatic heterocycles. The van der Waals surface area contributed by atoms with Gasteiger partial charge in [-0.15, -0.1) is 5.10 Å². The lowest BCUT2D eigenvalue weighted by Gasteiger charge is -2.05. The first kappa shape index (κ1) is 11.1. The fourth-order valence-corrected chi connectivity index (χ4v) is 1.80. The second-order valence-corrected chi connectivity index (χ2v) is 4.12.